The van der Waals surface area contributed by atoms with Gasteiger partial charge < -0.3 is 9.88 Å². The Kier molecular flexibility index (Phi) is 7.33. The van der Waals surface area contributed by atoms with Gasteiger partial charge in [0.25, 0.3) is 0 Å². The highest BCUT2D eigenvalue weighted by Gasteiger charge is 2.42. The van der Waals surface area contributed by atoms with Crippen molar-refractivity contribution in [3.05, 3.63) is 41.5 Å². The van der Waals surface area contributed by atoms with E-state index >= 15 is 0 Å². The largest absolute Gasteiger partial charge is 0.355 e. The summed E-state index contributed by atoms with van der Waals surface area (Å²) in [6.45, 7) is 5.87. The van der Waals surface area contributed by atoms with Crippen LogP contribution in [0.5, 0.6) is 0 Å². The number of nitrogens with zero attached hydrogens (tertiary/aromatic N) is 3. The number of carbonyl (C=O) groups excluding carboxylic acids is 1. The molecule has 2 aromatic rings. The van der Waals surface area contributed by atoms with E-state index in [-0.39, 0.29) is 11.7 Å². The van der Waals surface area contributed by atoms with Crippen LogP contribution in [0.4, 0.5) is 4.39 Å². The van der Waals surface area contributed by atoms with Crippen LogP contribution in [0.15, 0.2) is 29.4 Å². The highest BCUT2D eigenvalue weighted by atomic mass is 32.2. The molecule has 158 valence electrons. The fourth-order valence-corrected chi connectivity index (χ4v) is 4.74. The zero-order valence-electron chi connectivity index (χ0n) is 17.6. The lowest BCUT2D eigenvalue weighted by molar-refractivity contribution is -0.126. The molecule has 1 N–H and O–H groups in total. The van der Waals surface area contributed by atoms with Crippen molar-refractivity contribution < 1.29 is 9.18 Å². The number of carbonyl (C=O) groups is 1. The molecule has 0 bridgehead atoms. The van der Waals surface area contributed by atoms with Crippen molar-refractivity contribution in [2.24, 2.45) is 5.92 Å². The number of thioether (sulfide) groups is 1. The Hall–Kier alpha value is -1.89. The van der Waals surface area contributed by atoms with Crippen molar-refractivity contribution in [1.29, 1.82) is 0 Å². The molecular formula is C22H31FN4OS. The smallest absolute Gasteiger partial charge is 0.230 e. The number of hydrogen-bond acceptors (Lipinski definition) is 4. The zero-order valence-corrected chi connectivity index (χ0v) is 18.4. The monoisotopic (exact) mass is 418 g/mol. The summed E-state index contributed by atoms with van der Waals surface area (Å²) >= 11 is 1.61. The van der Waals surface area contributed by atoms with Gasteiger partial charge in [-0.05, 0) is 49.1 Å². The Morgan fingerprint density at radius 2 is 1.93 bits per heavy atom. The number of nitrogens with one attached hydrogen (secondary N) is 1. The molecule has 5 nitrogen and oxygen atoms in total. The van der Waals surface area contributed by atoms with Crippen LogP contribution in [0.3, 0.4) is 0 Å². The predicted octanol–water partition coefficient (Wildman–Crippen LogP) is 4.36. The van der Waals surface area contributed by atoms with Crippen LogP contribution in [0.1, 0.15) is 57.3 Å². The molecule has 1 aliphatic rings. The van der Waals surface area contributed by atoms with Gasteiger partial charge in [-0.15, -0.1) is 10.2 Å². The quantitative estimate of drug-likeness (QED) is 0.486. The zero-order chi connectivity index (χ0) is 20.9. The average molecular weight is 419 g/mol. The van der Waals surface area contributed by atoms with Gasteiger partial charge in [-0.1, -0.05) is 50.6 Å². The van der Waals surface area contributed by atoms with Crippen LogP contribution in [0, 0.1) is 11.7 Å². The van der Waals surface area contributed by atoms with Gasteiger partial charge in [0.15, 0.2) is 5.16 Å². The Morgan fingerprint density at radius 3 is 2.55 bits per heavy atom. The third-order valence-electron chi connectivity index (χ3n) is 5.68. The highest BCUT2D eigenvalue weighted by Crippen LogP contribution is 2.41. The highest BCUT2D eigenvalue weighted by molar-refractivity contribution is 7.98. The molecule has 29 heavy (non-hydrogen) atoms. The summed E-state index contributed by atoms with van der Waals surface area (Å²) in [4.78, 5) is 13.1. The summed E-state index contributed by atoms with van der Waals surface area (Å²) in [7, 11) is 0. The molecule has 0 saturated heterocycles. The number of aromatic nitrogens is 3. The number of rotatable bonds is 9. The molecule has 1 amide bonds. The maximum atomic E-state index is 13.3. The molecule has 1 aromatic carbocycles. The molecule has 1 aromatic heterocycles. The van der Waals surface area contributed by atoms with Gasteiger partial charge >= 0.3 is 0 Å². The first kappa shape index (κ1) is 21.8. The second kappa shape index (κ2) is 9.74. The van der Waals surface area contributed by atoms with E-state index in [4.69, 9.17) is 0 Å². The summed E-state index contributed by atoms with van der Waals surface area (Å²) in [5, 5.41) is 12.7. The molecule has 1 aliphatic carbocycles. The Morgan fingerprint density at radius 1 is 1.24 bits per heavy atom. The van der Waals surface area contributed by atoms with Crippen LogP contribution >= 0.6 is 11.8 Å². The van der Waals surface area contributed by atoms with Crippen molar-refractivity contribution in [3.8, 4) is 0 Å². The second-order valence-corrected chi connectivity index (χ2v) is 9.04. The van der Waals surface area contributed by atoms with E-state index in [0.29, 0.717) is 12.5 Å². The number of aryl methyl sites for hydroxylation is 1. The molecule has 3 rings (SSSR count). The molecule has 0 unspecified atom stereocenters. The molecular weight excluding hydrogens is 387 g/mol. The minimum Gasteiger partial charge on any atom is -0.355 e. The van der Waals surface area contributed by atoms with Crippen LogP contribution in [-0.4, -0.2) is 33.5 Å². The first-order valence-corrected chi connectivity index (χ1v) is 11.7. The molecule has 0 atom stereocenters. The molecule has 1 fully saturated rings. The second-order valence-electron chi connectivity index (χ2n) is 8.26. The van der Waals surface area contributed by atoms with Gasteiger partial charge in [-0.3, -0.25) is 4.79 Å². The molecule has 0 spiro atoms. The molecule has 7 heteroatoms. The third-order valence-corrected chi connectivity index (χ3v) is 6.34. The van der Waals surface area contributed by atoms with Gasteiger partial charge in [-0.2, -0.15) is 0 Å². The van der Waals surface area contributed by atoms with Crippen molar-refractivity contribution in [1.82, 2.24) is 20.1 Å². The van der Waals surface area contributed by atoms with Crippen molar-refractivity contribution in [2.45, 2.75) is 69.5 Å². The number of hydrogen-bond donors (Lipinski definition) is 1. The van der Waals surface area contributed by atoms with Crippen LogP contribution in [0.25, 0.3) is 0 Å². The van der Waals surface area contributed by atoms with Crippen LogP contribution < -0.4 is 5.32 Å². The topological polar surface area (TPSA) is 59.8 Å². The van der Waals surface area contributed by atoms with Crippen LogP contribution in [0.2, 0.25) is 0 Å². The van der Waals surface area contributed by atoms with Crippen LogP contribution in [-0.2, 0) is 23.2 Å². The Bertz CT molecular complexity index is 813. The maximum Gasteiger partial charge on any atom is 0.230 e. The van der Waals surface area contributed by atoms with Gasteiger partial charge in [-0.25, -0.2) is 4.39 Å². The molecule has 0 radical (unpaired) electrons. The average Bonchev–Trinajstić information content (AvgIpc) is 3.33. The minimum atomic E-state index is -0.516. The number of benzene rings is 1. The van der Waals surface area contributed by atoms with Gasteiger partial charge in [0.05, 0.1) is 5.41 Å². The number of amides is 1. The summed E-state index contributed by atoms with van der Waals surface area (Å²) in [6.07, 6.45) is 7.32. The minimum absolute atomic E-state index is 0.0649. The maximum absolute atomic E-state index is 13.3. The van der Waals surface area contributed by atoms with Gasteiger partial charge in [0.1, 0.15) is 11.6 Å². The molecule has 1 heterocycles. The van der Waals surface area contributed by atoms with E-state index in [1.807, 2.05) is 6.26 Å². The Balaban J connectivity index is 1.59. The first-order chi connectivity index (χ1) is 14.0. The summed E-state index contributed by atoms with van der Waals surface area (Å²) < 4.78 is 15.5. The first-order valence-electron chi connectivity index (χ1n) is 10.5. The van der Waals surface area contributed by atoms with Gasteiger partial charge in [0.2, 0.25) is 5.91 Å². The Labute approximate surface area is 176 Å². The molecule has 0 aliphatic heterocycles. The van der Waals surface area contributed by atoms with E-state index in [9.17, 15) is 9.18 Å². The lowest BCUT2D eigenvalue weighted by Crippen LogP contribution is -2.43. The molecule has 1 saturated carbocycles. The van der Waals surface area contributed by atoms with Crippen molar-refractivity contribution in [3.63, 3.8) is 0 Å². The van der Waals surface area contributed by atoms with E-state index in [2.05, 4.69) is 33.9 Å². The van der Waals surface area contributed by atoms with Crippen molar-refractivity contribution >= 4 is 17.7 Å². The van der Waals surface area contributed by atoms with E-state index < -0.39 is 5.41 Å². The summed E-state index contributed by atoms with van der Waals surface area (Å²) in [6, 6.07) is 6.43. The van der Waals surface area contributed by atoms with Crippen molar-refractivity contribution in [2.75, 3.05) is 12.8 Å². The lowest BCUT2D eigenvalue weighted by Gasteiger charge is -2.28. The normalized spacial score (nSPS) is 15.8. The van der Waals surface area contributed by atoms with E-state index in [1.165, 1.54) is 12.1 Å². The predicted molar refractivity (Wildman–Crippen MR) is 115 cm³/mol. The third kappa shape index (κ3) is 5.00. The SMILES string of the molecule is CSc1nnc(CCCNC(=O)C2(c3ccc(F)cc3)CCCC2)n1CC(C)C. The summed E-state index contributed by atoms with van der Waals surface area (Å²) in [5.74, 6) is 1.30. The fourth-order valence-electron chi connectivity index (χ4n) is 4.22. The summed E-state index contributed by atoms with van der Waals surface area (Å²) in [5.41, 5.74) is 0.410. The number of halogens is 1. The van der Waals surface area contributed by atoms with E-state index in [1.54, 1.807) is 23.9 Å². The fraction of sp³-hybridized carbons (Fsp3) is 0.591. The standard InChI is InChI=1S/C22H31FN4OS/c1-16(2)15-27-19(25-26-21(27)29-3)7-6-14-24-20(28)22(12-4-5-13-22)17-8-10-18(23)11-9-17/h8-11,16H,4-7,12-15H2,1-3H3,(H,24,28). The lowest BCUT2D eigenvalue weighted by atomic mass is 9.78. The van der Waals surface area contributed by atoms with E-state index in [0.717, 1.165) is 61.6 Å². The van der Waals surface area contributed by atoms with Gasteiger partial charge in [0, 0.05) is 19.5 Å².